The second-order valence-corrected chi connectivity index (χ2v) is 6.98. The lowest BCUT2D eigenvalue weighted by Gasteiger charge is -2.08. The van der Waals surface area contributed by atoms with Gasteiger partial charge in [-0.15, -0.1) is 0 Å². The lowest BCUT2D eigenvalue weighted by molar-refractivity contribution is 0.0524. The number of aryl methyl sites for hydroxylation is 1. The van der Waals surface area contributed by atoms with Crippen LogP contribution in [-0.2, 0) is 14.8 Å². The molecule has 0 fully saturated rings. The average Bonchev–Trinajstić information content (AvgIpc) is 2.90. The number of hydrogen-bond donors (Lipinski definition) is 1. The van der Waals surface area contributed by atoms with Gasteiger partial charge in [-0.25, -0.2) is 17.9 Å². The van der Waals surface area contributed by atoms with Crippen molar-refractivity contribution < 1.29 is 31.9 Å². The number of sulfonamides is 1. The molecule has 1 aromatic heterocycles. The molecule has 26 heavy (non-hydrogen) atoms. The second-order valence-electron chi connectivity index (χ2n) is 5.30. The second kappa shape index (κ2) is 7.61. The van der Waals surface area contributed by atoms with Crippen molar-refractivity contribution in [3.63, 3.8) is 0 Å². The molecule has 140 valence electrons. The zero-order valence-electron chi connectivity index (χ0n) is 14.8. The van der Waals surface area contributed by atoms with E-state index in [1.165, 1.54) is 45.2 Å². The molecule has 0 saturated heterocycles. The minimum Gasteiger partial charge on any atom is -0.497 e. The third-order valence-electron chi connectivity index (χ3n) is 3.51. The van der Waals surface area contributed by atoms with Crippen LogP contribution in [0.15, 0.2) is 33.6 Å². The van der Waals surface area contributed by atoms with E-state index in [2.05, 4.69) is 4.72 Å². The SMILES string of the molecule is CCOC(=O)c1c(NS(=O)(=O)c2ccc(OC)cc2)oc(C)c1C(C)=O. The number of methoxy groups -OCH3 is 1. The number of Topliss-reactive ketones (excluding diaryl/α,β-unsaturated/α-hetero) is 1. The average molecular weight is 381 g/mol. The Balaban J connectivity index is 2.49. The number of esters is 1. The van der Waals surface area contributed by atoms with Crippen molar-refractivity contribution in [3.8, 4) is 5.75 Å². The standard InChI is InChI=1S/C17H19NO7S/c1-5-24-17(20)15-14(10(2)19)11(3)25-16(15)18-26(21,22)13-8-6-12(23-4)7-9-13/h6-9,18H,5H2,1-4H3. The monoisotopic (exact) mass is 381 g/mol. The van der Waals surface area contributed by atoms with E-state index in [0.29, 0.717) is 5.75 Å². The largest absolute Gasteiger partial charge is 0.497 e. The van der Waals surface area contributed by atoms with Crippen LogP contribution in [0.2, 0.25) is 0 Å². The number of ether oxygens (including phenoxy) is 2. The van der Waals surface area contributed by atoms with E-state index < -0.39 is 21.8 Å². The summed E-state index contributed by atoms with van der Waals surface area (Å²) in [5.74, 6) is -1.04. The highest BCUT2D eigenvalue weighted by molar-refractivity contribution is 7.92. The fourth-order valence-electron chi connectivity index (χ4n) is 2.37. The summed E-state index contributed by atoms with van der Waals surface area (Å²) in [6, 6.07) is 5.64. The first-order valence-electron chi connectivity index (χ1n) is 7.69. The highest BCUT2D eigenvalue weighted by Gasteiger charge is 2.30. The molecular weight excluding hydrogens is 362 g/mol. The van der Waals surface area contributed by atoms with Gasteiger partial charge >= 0.3 is 5.97 Å². The summed E-state index contributed by atoms with van der Waals surface area (Å²) in [6.45, 7) is 4.37. The molecule has 0 aliphatic heterocycles. The summed E-state index contributed by atoms with van der Waals surface area (Å²) in [5.41, 5.74) is -0.259. The van der Waals surface area contributed by atoms with E-state index >= 15 is 0 Å². The molecule has 0 aliphatic carbocycles. The van der Waals surface area contributed by atoms with Crippen LogP contribution in [0.1, 0.15) is 40.3 Å². The molecule has 9 heteroatoms. The molecule has 1 N–H and O–H groups in total. The van der Waals surface area contributed by atoms with E-state index in [0.717, 1.165) is 0 Å². The Morgan fingerprint density at radius 2 is 1.77 bits per heavy atom. The van der Waals surface area contributed by atoms with Gasteiger partial charge in [0.1, 0.15) is 17.1 Å². The van der Waals surface area contributed by atoms with E-state index in [4.69, 9.17) is 13.9 Å². The van der Waals surface area contributed by atoms with E-state index in [1.807, 2.05) is 0 Å². The lowest BCUT2D eigenvalue weighted by atomic mass is 10.1. The van der Waals surface area contributed by atoms with Gasteiger partial charge in [0.05, 0.1) is 24.2 Å². The summed E-state index contributed by atoms with van der Waals surface area (Å²) >= 11 is 0. The van der Waals surface area contributed by atoms with Gasteiger partial charge in [0.2, 0.25) is 5.88 Å². The molecule has 0 spiro atoms. The summed E-state index contributed by atoms with van der Waals surface area (Å²) in [7, 11) is -2.60. The Bertz CT molecular complexity index is 927. The number of nitrogens with one attached hydrogen (secondary N) is 1. The Labute approximate surface area is 151 Å². The molecule has 1 heterocycles. The molecule has 8 nitrogen and oxygen atoms in total. The first-order valence-corrected chi connectivity index (χ1v) is 9.17. The Morgan fingerprint density at radius 3 is 2.27 bits per heavy atom. The van der Waals surface area contributed by atoms with Gasteiger partial charge in [0, 0.05) is 0 Å². The molecule has 0 saturated carbocycles. The fraction of sp³-hybridized carbons (Fsp3) is 0.294. The Morgan fingerprint density at radius 1 is 1.15 bits per heavy atom. The van der Waals surface area contributed by atoms with Crippen LogP contribution in [0.25, 0.3) is 0 Å². The van der Waals surface area contributed by atoms with E-state index in [9.17, 15) is 18.0 Å². The third kappa shape index (κ3) is 3.88. The number of furan rings is 1. The third-order valence-corrected chi connectivity index (χ3v) is 4.86. The van der Waals surface area contributed by atoms with Crippen molar-refractivity contribution in [1.82, 2.24) is 0 Å². The van der Waals surface area contributed by atoms with E-state index in [1.54, 1.807) is 6.92 Å². The maximum absolute atomic E-state index is 12.6. The van der Waals surface area contributed by atoms with Crippen molar-refractivity contribution in [2.45, 2.75) is 25.7 Å². The van der Waals surface area contributed by atoms with Gasteiger partial charge in [-0.05, 0) is 45.0 Å². The molecule has 0 atom stereocenters. The van der Waals surface area contributed by atoms with Gasteiger partial charge in [0.15, 0.2) is 5.78 Å². The highest BCUT2D eigenvalue weighted by atomic mass is 32.2. The fourth-order valence-corrected chi connectivity index (χ4v) is 3.37. The zero-order valence-corrected chi connectivity index (χ0v) is 15.6. The summed E-state index contributed by atoms with van der Waals surface area (Å²) in [6.07, 6.45) is 0. The number of carbonyl (C=O) groups is 2. The molecule has 0 unspecified atom stereocenters. The molecule has 0 radical (unpaired) electrons. The first-order chi connectivity index (χ1) is 12.2. The van der Waals surface area contributed by atoms with Crippen molar-refractivity contribution in [3.05, 3.63) is 41.2 Å². The first kappa shape index (κ1) is 19.5. The minimum absolute atomic E-state index is 0.0177. The molecule has 0 aliphatic rings. The molecule has 1 aromatic carbocycles. The maximum atomic E-state index is 12.6. The molecule has 0 amide bonds. The van der Waals surface area contributed by atoms with Crippen LogP contribution in [0.4, 0.5) is 5.88 Å². The molecule has 0 bridgehead atoms. The molecular formula is C17H19NO7S. The number of hydrogen-bond acceptors (Lipinski definition) is 7. The Hall–Kier alpha value is -2.81. The quantitative estimate of drug-likeness (QED) is 0.580. The van der Waals surface area contributed by atoms with E-state index in [-0.39, 0.29) is 34.3 Å². The van der Waals surface area contributed by atoms with Crippen molar-refractivity contribution >= 4 is 27.7 Å². The number of carbonyl (C=O) groups excluding carboxylic acids is 2. The van der Waals surface area contributed by atoms with Gasteiger partial charge < -0.3 is 13.9 Å². The van der Waals surface area contributed by atoms with Gasteiger partial charge in [-0.1, -0.05) is 0 Å². The molecule has 2 aromatic rings. The number of ketones is 1. The van der Waals surface area contributed by atoms with Crippen LogP contribution < -0.4 is 9.46 Å². The van der Waals surface area contributed by atoms with Crippen molar-refractivity contribution in [2.24, 2.45) is 0 Å². The summed E-state index contributed by atoms with van der Waals surface area (Å²) < 4.78 is 42.6. The zero-order chi connectivity index (χ0) is 19.5. The minimum atomic E-state index is -4.06. The topological polar surface area (TPSA) is 112 Å². The summed E-state index contributed by atoms with van der Waals surface area (Å²) in [5, 5.41) is 0. The predicted octanol–water partition coefficient (Wildman–Crippen LogP) is 2.78. The van der Waals surface area contributed by atoms with Gasteiger partial charge in [-0.3, -0.25) is 4.79 Å². The van der Waals surface area contributed by atoms with Crippen LogP contribution in [0.3, 0.4) is 0 Å². The highest BCUT2D eigenvalue weighted by Crippen LogP contribution is 2.30. The summed E-state index contributed by atoms with van der Waals surface area (Å²) in [4.78, 5) is 24.0. The van der Waals surface area contributed by atoms with Crippen molar-refractivity contribution in [2.75, 3.05) is 18.4 Å². The number of anilines is 1. The van der Waals surface area contributed by atoms with Gasteiger partial charge in [-0.2, -0.15) is 0 Å². The predicted molar refractivity (Wildman–Crippen MR) is 93.2 cm³/mol. The van der Waals surface area contributed by atoms with Crippen LogP contribution in [-0.4, -0.2) is 33.9 Å². The van der Waals surface area contributed by atoms with Gasteiger partial charge in [0.25, 0.3) is 10.0 Å². The van der Waals surface area contributed by atoms with Crippen LogP contribution in [0, 0.1) is 6.92 Å². The van der Waals surface area contributed by atoms with Crippen LogP contribution >= 0.6 is 0 Å². The van der Waals surface area contributed by atoms with Crippen molar-refractivity contribution in [1.29, 1.82) is 0 Å². The smallest absolute Gasteiger partial charge is 0.344 e. The molecule has 2 rings (SSSR count). The lowest BCUT2D eigenvalue weighted by Crippen LogP contribution is -2.16. The Kier molecular flexibility index (Phi) is 5.71. The number of benzene rings is 1. The number of rotatable bonds is 7. The van der Waals surface area contributed by atoms with Crippen LogP contribution in [0.5, 0.6) is 5.75 Å². The maximum Gasteiger partial charge on any atom is 0.344 e. The normalized spacial score (nSPS) is 11.1.